The first-order chi connectivity index (χ1) is 8.94. The molecule has 106 valence electrons. The molecule has 0 bridgehead atoms. The number of rotatable bonds is 1. The maximum Gasteiger partial charge on any atom is 0.0963 e. The van der Waals surface area contributed by atoms with E-state index in [0.717, 1.165) is 23.6 Å². The van der Waals surface area contributed by atoms with Gasteiger partial charge in [0.2, 0.25) is 0 Å². The smallest absolute Gasteiger partial charge is 0.0963 e. The highest BCUT2D eigenvalue weighted by atomic mass is 32.1. The summed E-state index contributed by atoms with van der Waals surface area (Å²) in [5.41, 5.74) is 1.38. The normalized spacial score (nSPS) is 34.0. The molecule has 1 aromatic rings. The van der Waals surface area contributed by atoms with Gasteiger partial charge in [-0.2, -0.15) is 0 Å². The second-order valence-electron chi connectivity index (χ2n) is 7.38. The molecule has 1 unspecified atom stereocenters. The van der Waals surface area contributed by atoms with Crippen LogP contribution in [0.2, 0.25) is 0 Å². The molecule has 0 aromatic carbocycles. The van der Waals surface area contributed by atoms with E-state index in [1.165, 1.54) is 36.4 Å². The van der Waals surface area contributed by atoms with E-state index in [4.69, 9.17) is 4.98 Å². The zero-order valence-electron chi connectivity index (χ0n) is 12.3. The summed E-state index contributed by atoms with van der Waals surface area (Å²) >= 11 is 1.79. The monoisotopic (exact) mass is 279 g/mol. The molecule has 0 amide bonds. The first-order valence-electron chi connectivity index (χ1n) is 7.62. The van der Waals surface area contributed by atoms with Crippen molar-refractivity contribution in [2.75, 3.05) is 0 Å². The zero-order chi connectivity index (χ0) is 13.6. The zero-order valence-corrected chi connectivity index (χ0v) is 13.1. The molecule has 1 fully saturated rings. The lowest BCUT2D eigenvalue weighted by molar-refractivity contribution is 0.102. The van der Waals surface area contributed by atoms with Crippen molar-refractivity contribution in [3.63, 3.8) is 0 Å². The number of nitrogens with zero attached hydrogens (tertiary/aromatic N) is 1. The minimum atomic E-state index is -0.285. The summed E-state index contributed by atoms with van der Waals surface area (Å²) in [5, 5.41) is 11.6. The number of aliphatic hydroxyl groups is 1. The van der Waals surface area contributed by atoms with Gasteiger partial charge < -0.3 is 5.11 Å². The number of hydrogen-bond donors (Lipinski definition) is 1. The Morgan fingerprint density at radius 3 is 2.58 bits per heavy atom. The second-order valence-corrected chi connectivity index (χ2v) is 8.44. The molecule has 1 atom stereocenters. The number of aromatic nitrogens is 1. The van der Waals surface area contributed by atoms with Gasteiger partial charge in [-0.05, 0) is 37.0 Å². The van der Waals surface area contributed by atoms with Gasteiger partial charge in [0.25, 0.3) is 0 Å². The fourth-order valence-electron chi connectivity index (χ4n) is 3.59. The summed E-state index contributed by atoms with van der Waals surface area (Å²) in [6.45, 7) is 6.83. The third-order valence-electron chi connectivity index (χ3n) is 4.80. The number of hydrogen-bond acceptors (Lipinski definition) is 3. The lowest BCUT2D eigenvalue weighted by Crippen LogP contribution is -2.24. The molecule has 2 aliphatic carbocycles. The van der Waals surface area contributed by atoms with Crippen LogP contribution in [0.1, 0.15) is 80.5 Å². The van der Waals surface area contributed by atoms with Crippen LogP contribution in [0.3, 0.4) is 0 Å². The van der Waals surface area contributed by atoms with Gasteiger partial charge >= 0.3 is 0 Å². The van der Waals surface area contributed by atoms with E-state index in [0.29, 0.717) is 5.92 Å². The average Bonchev–Trinajstić information content (AvgIpc) is 2.72. The lowest BCUT2D eigenvalue weighted by atomic mass is 9.77. The van der Waals surface area contributed by atoms with Crippen LogP contribution in [-0.2, 0) is 6.42 Å². The topological polar surface area (TPSA) is 33.1 Å². The van der Waals surface area contributed by atoms with Gasteiger partial charge in [0, 0.05) is 5.92 Å². The Morgan fingerprint density at radius 1 is 1.21 bits per heavy atom. The molecular weight excluding hydrogens is 254 g/mol. The molecule has 1 N–H and O–H groups in total. The summed E-state index contributed by atoms with van der Waals surface area (Å²) in [7, 11) is 0. The SMILES string of the molecule is CC1CCC(c2nc3c(s2)C(O)CC(C)(C)C3)CC1. The molecule has 19 heavy (non-hydrogen) atoms. The first kappa shape index (κ1) is 13.6. The van der Waals surface area contributed by atoms with E-state index >= 15 is 0 Å². The van der Waals surface area contributed by atoms with Crippen LogP contribution in [-0.4, -0.2) is 10.1 Å². The van der Waals surface area contributed by atoms with Gasteiger partial charge in [-0.1, -0.05) is 33.6 Å². The van der Waals surface area contributed by atoms with Crippen LogP contribution < -0.4 is 0 Å². The van der Waals surface area contributed by atoms with Crippen molar-refractivity contribution in [3.8, 4) is 0 Å². The van der Waals surface area contributed by atoms with Crippen molar-refractivity contribution in [2.45, 2.75) is 71.3 Å². The summed E-state index contributed by atoms with van der Waals surface area (Å²) in [5.74, 6) is 1.54. The van der Waals surface area contributed by atoms with Crippen LogP contribution in [0.5, 0.6) is 0 Å². The van der Waals surface area contributed by atoms with E-state index in [1.54, 1.807) is 11.3 Å². The van der Waals surface area contributed by atoms with Crippen molar-refractivity contribution in [2.24, 2.45) is 11.3 Å². The van der Waals surface area contributed by atoms with E-state index < -0.39 is 0 Å². The maximum atomic E-state index is 10.3. The van der Waals surface area contributed by atoms with Gasteiger partial charge in [-0.15, -0.1) is 11.3 Å². The summed E-state index contributed by atoms with van der Waals surface area (Å²) in [6.07, 6.45) is 6.86. The molecule has 0 saturated heterocycles. The van der Waals surface area contributed by atoms with Gasteiger partial charge in [0.05, 0.1) is 21.7 Å². The number of aliphatic hydroxyl groups excluding tert-OH is 1. The molecule has 1 heterocycles. The van der Waals surface area contributed by atoms with E-state index in [2.05, 4.69) is 20.8 Å². The minimum absolute atomic E-state index is 0.193. The number of thiazole rings is 1. The highest BCUT2D eigenvalue weighted by molar-refractivity contribution is 7.11. The van der Waals surface area contributed by atoms with Crippen LogP contribution in [0.4, 0.5) is 0 Å². The molecule has 3 heteroatoms. The fourth-order valence-corrected chi connectivity index (χ4v) is 4.83. The highest BCUT2D eigenvalue weighted by Crippen LogP contribution is 2.46. The Hall–Kier alpha value is -0.410. The summed E-state index contributed by atoms with van der Waals surface area (Å²) in [4.78, 5) is 6.06. The third-order valence-corrected chi connectivity index (χ3v) is 6.17. The molecule has 2 nitrogen and oxygen atoms in total. The fraction of sp³-hybridized carbons (Fsp3) is 0.812. The van der Waals surface area contributed by atoms with Gasteiger partial charge in [0.1, 0.15) is 0 Å². The Labute approximate surface area is 120 Å². The van der Waals surface area contributed by atoms with Gasteiger partial charge in [0.15, 0.2) is 0 Å². The van der Waals surface area contributed by atoms with Crippen molar-refractivity contribution < 1.29 is 5.11 Å². The minimum Gasteiger partial charge on any atom is -0.387 e. The molecule has 0 radical (unpaired) electrons. The van der Waals surface area contributed by atoms with Crippen LogP contribution >= 0.6 is 11.3 Å². The Bertz CT molecular complexity index is 457. The highest BCUT2D eigenvalue weighted by Gasteiger charge is 2.35. The molecule has 1 saturated carbocycles. The standard InChI is InChI=1S/C16H25NOS/c1-10-4-6-11(7-5-10)15-17-12-8-16(2,3)9-13(18)14(12)19-15/h10-11,13,18H,4-9H2,1-3H3. The number of fused-ring (bicyclic) bond motifs is 1. The van der Waals surface area contributed by atoms with Crippen LogP contribution in [0, 0.1) is 11.3 Å². The van der Waals surface area contributed by atoms with E-state index in [9.17, 15) is 5.11 Å². The van der Waals surface area contributed by atoms with Gasteiger partial charge in [-0.3, -0.25) is 0 Å². The molecule has 0 aliphatic heterocycles. The molecular formula is C16H25NOS. The Morgan fingerprint density at radius 2 is 1.89 bits per heavy atom. The third kappa shape index (κ3) is 2.73. The van der Waals surface area contributed by atoms with Crippen molar-refractivity contribution in [1.82, 2.24) is 4.98 Å². The van der Waals surface area contributed by atoms with E-state index in [1.807, 2.05) is 0 Å². The van der Waals surface area contributed by atoms with Crippen molar-refractivity contribution >= 4 is 11.3 Å². The predicted octanol–water partition coefficient (Wildman–Crippen LogP) is 4.44. The van der Waals surface area contributed by atoms with Crippen LogP contribution in [0.25, 0.3) is 0 Å². The molecule has 2 aliphatic rings. The van der Waals surface area contributed by atoms with E-state index in [-0.39, 0.29) is 11.5 Å². The molecule has 0 spiro atoms. The van der Waals surface area contributed by atoms with Crippen molar-refractivity contribution in [1.29, 1.82) is 0 Å². The quantitative estimate of drug-likeness (QED) is 0.824. The van der Waals surface area contributed by atoms with Crippen LogP contribution in [0.15, 0.2) is 0 Å². The Kier molecular flexibility index (Phi) is 3.46. The largest absolute Gasteiger partial charge is 0.387 e. The molecule has 3 rings (SSSR count). The second kappa shape index (κ2) is 4.85. The summed E-state index contributed by atoms with van der Waals surface area (Å²) < 4.78 is 0. The average molecular weight is 279 g/mol. The summed E-state index contributed by atoms with van der Waals surface area (Å²) in [6, 6.07) is 0. The molecule has 1 aromatic heterocycles. The first-order valence-corrected chi connectivity index (χ1v) is 8.44. The maximum absolute atomic E-state index is 10.3. The predicted molar refractivity (Wildman–Crippen MR) is 79.5 cm³/mol. The Balaban J connectivity index is 1.83. The van der Waals surface area contributed by atoms with Gasteiger partial charge in [-0.25, -0.2) is 4.98 Å². The van der Waals surface area contributed by atoms with Crippen molar-refractivity contribution in [3.05, 3.63) is 15.6 Å². The lowest BCUT2D eigenvalue weighted by Gasteiger charge is -2.31.